The summed E-state index contributed by atoms with van der Waals surface area (Å²) in [4.78, 5) is 0. The summed E-state index contributed by atoms with van der Waals surface area (Å²) < 4.78 is 38.5. The van der Waals surface area contributed by atoms with Crippen LogP contribution in [0.1, 0.15) is 45.7 Å². The number of benzene rings is 3. The number of aryl methyl sites for hydroxylation is 1. The SMILES string of the molecule is C1=CC=CNC=C1.FC(F)(F)c1ccc(C2CCc3c(ccc4c3CCc3ccccc3-4)C2)cc1. The molecule has 0 aromatic heterocycles. The number of hydrogen-bond acceptors (Lipinski definition) is 1. The molecule has 0 radical (unpaired) electrons. The molecule has 0 amide bonds. The van der Waals surface area contributed by atoms with Crippen molar-refractivity contribution in [1.29, 1.82) is 0 Å². The number of halogens is 3. The van der Waals surface area contributed by atoms with Gasteiger partial charge in [0.05, 0.1) is 5.56 Å². The number of nitrogens with one attached hydrogen (secondary N) is 1. The van der Waals surface area contributed by atoms with Gasteiger partial charge in [0.25, 0.3) is 0 Å². The number of alkyl halides is 3. The fraction of sp³-hybridized carbons (Fsp3) is 0.226. The van der Waals surface area contributed by atoms with Crippen molar-refractivity contribution in [2.45, 2.75) is 44.2 Å². The normalized spacial score (nSPS) is 17.7. The first kappa shape index (κ1) is 23.2. The van der Waals surface area contributed by atoms with Gasteiger partial charge in [0.2, 0.25) is 0 Å². The van der Waals surface area contributed by atoms with Crippen LogP contribution in [0.5, 0.6) is 0 Å². The summed E-state index contributed by atoms with van der Waals surface area (Å²) in [7, 11) is 0. The van der Waals surface area contributed by atoms with Crippen LogP contribution in [0.25, 0.3) is 11.1 Å². The van der Waals surface area contributed by atoms with Gasteiger partial charge in [-0.2, -0.15) is 13.2 Å². The third-order valence-corrected chi connectivity index (χ3v) is 7.12. The maximum Gasteiger partial charge on any atom is 0.416 e. The molecule has 1 atom stereocenters. The Morgan fingerprint density at radius 2 is 1.40 bits per heavy atom. The zero-order valence-electron chi connectivity index (χ0n) is 19.5. The molecule has 1 nitrogen and oxygen atoms in total. The molecule has 3 aliphatic rings. The fourth-order valence-corrected chi connectivity index (χ4v) is 5.36. The molecule has 3 aromatic carbocycles. The number of fused-ring (bicyclic) bond motifs is 5. The first-order chi connectivity index (χ1) is 17.0. The zero-order valence-corrected chi connectivity index (χ0v) is 19.5. The Morgan fingerprint density at radius 3 is 2.14 bits per heavy atom. The predicted octanol–water partition coefficient (Wildman–Crippen LogP) is 7.92. The van der Waals surface area contributed by atoms with E-state index in [0.29, 0.717) is 5.92 Å². The van der Waals surface area contributed by atoms with Gasteiger partial charge in [0.1, 0.15) is 0 Å². The molecule has 1 heterocycles. The van der Waals surface area contributed by atoms with Crippen LogP contribution in [0.3, 0.4) is 0 Å². The van der Waals surface area contributed by atoms with Gasteiger partial charge in [-0.25, -0.2) is 0 Å². The highest BCUT2D eigenvalue weighted by Gasteiger charge is 2.31. The molecule has 0 fully saturated rings. The average Bonchev–Trinajstić information content (AvgIpc) is 3.21. The van der Waals surface area contributed by atoms with Crippen molar-refractivity contribution in [3.05, 3.63) is 131 Å². The molecular weight excluding hydrogens is 443 g/mol. The predicted molar refractivity (Wildman–Crippen MR) is 136 cm³/mol. The van der Waals surface area contributed by atoms with Crippen molar-refractivity contribution < 1.29 is 13.2 Å². The molecule has 3 aromatic rings. The summed E-state index contributed by atoms with van der Waals surface area (Å²) in [5, 5.41) is 2.92. The highest BCUT2D eigenvalue weighted by Crippen LogP contribution is 2.41. The van der Waals surface area contributed by atoms with Crippen molar-refractivity contribution in [2.24, 2.45) is 0 Å². The standard InChI is InChI=1S/C25H21F3.C6H7N/c26-25(27,28)20-10-5-16(6-11-20)18-8-12-22-19(15-18)9-14-23-21-4-2-1-3-17(21)7-13-24(22)23;1-2-4-6-7-5-3-1/h1-6,9-11,14,18H,7-8,12-13,15H2;1-7H. The largest absolute Gasteiger partial charge is 0.416 e. The van der Waals surface area contributed by atoms with Gasteiger partial charge < -0.3 is 5.32 Å². The van der Waals surface area contributed by atoms with Crippen LogP contribution in [0, 0.1) is 0 Å². The first-order valence-corrected chi connectivity index (χ1v) is 12.1. The Morgan fingerprint density at radius 1 is 0.657 bits per heavy atom. The minimum atomic E-state index is -4.27. The van der Waals surface area contributed by atoms with E-state index in [1.807, 2.05) is 36.7 Å². The summed E-state index contributed by atoms with van der Waals surface area (Å²) in [6.45, 7) is 0. The van der Waals surface area contributed by atoms with Crippen molar-refractivity contribution in [1.82, 2.24) is 5.32 Å². The highest BCUT2D eigenvalue weighted by atomic mass is 19.4. The average molecular weight is 472 g/mol. The Bertz CT molecular complexity index is 1270. The fourth-order valence-electron chi connectivity index (χ4n) is 5.36. The monoisotopic (exact) mass is 471 g/mol. The van der Waals surface area contributed by atoms with Crippen molar-refractivity contribution in [3.63, 3.8) is 0 Å². The first-order valence-electron chi connectivity index (χ1n) is 12.1. The van der Waals surface area contributed by atoms with E-state index in [4.69, 9.17) is 0 Å². The van der Waals surface area contributed by atoms with E-state index >= 15 is 0 Å². The third-order valence-electron chi connectivity index (χ3n) is 7.12. The third kappa shape index (κ3) is 5.12. The van der Waals surface area contributed by atoms with E-state index in [2.05, 4.69) is 41.7 Å². The molecule has 1 unspecified atom stereocenters. The summed E-state index contributed by atoms with van der Waals surface area (Å²) >= 11 is 0. The van der Waals surface area contributed by atoms with Gasteiger partial charge >= 0.3 is 6.18 Å². The lowest BCUT2D eigenvalue weighted by Gasteiger charge is -2.30. The molecule has 6 rings (SSSR count). The molecule has 2 aliphatic carbocycles. The van der Waals surface area contributed by atoms with E-state index in [1.165, 1.54) is 45.5 Å². The van der Waals surface area contributed by atoms with Gasteiger partial charge in [-0.05, 0) is 101 Å². The zero-order chi connectivity index (χ0) is 24.3. The summed E-state index contributed by atoms with van der Waals surface area (Å²) in [6.07, 6.45) is 12.4. The molecule has 0 saturated carbocycles. The van der Waals surface area contributed by atoms with Crippen LogP contribution in [0.15, 0.2) is 97.4 Å². The second-order valence-corrected chi connectivity index (χ2v) is 9.22. The molecule has 1 aliphatic heterocycles. The lowest BCUT2D eigenvalue weighted by Crippen LogP contribution is -2.17. The molecule has 4 heteroatoms. The number of allylic oxidation sites excluding steroid dienone is 4. The summed E-state index contributed by atoms with van der Waals surface area (Å²) in [6, 6.07) is 18.9. The van der Waals surface area contributed by atoms with Crippen molar-refractivity contribution in [3.8, 4) is 11.1 Å². The molecule has 35 heavy (non-hydrogen) atoms. The quantitative estimate of drug-likeness (QED) is 0.380. The smallest absolute Gasteiger partial charge is 0.368 e. The molecule has 0 saturated heterocycles. The van der Waals surface area contributed by atoms with Gasteiger partial charge in [0, 0.05) is 12.4 Å². The Labute approximate surface area is 204 Å². The molecule has 178 valence electrons. The van der Waals surface area contributed by atoms with Gasteiger partial charge in [-0.15, -0.1) is 0 Å². The highest BCUT2D eigenvalue weighted by molar-refractivity contribution is 5.75. The lowest BCUT2D eigenvalue weighted by molar-refractivity contribution is -0.137. The van der Waals surface area contributed by atoms with Crippen molar-refractivity contribution in [2.75, 3.05) is 0 Å². The van der Waals surface area contributed by atoms with Gasteiger partial charge in [-0.1, -0.05) is 60.7 Å². The minimum Gasteiger partial charge on any atom is -0.368 e. The number of rotatable bonds is 1. The maximum atomic E-state index is 12.8. The number of hydrogen-bond donors (Lipinski definition) is 1. The summed E-state index contributed by atoms with van der Waals surface area (Å²) in [5.41, 5.74) is 8.94. The Hall–Kier alpha value is -3.53. The molecular formula is C31H28F3N. The van der Waals surface area contributed by atoms with E-state index < -0.39 is 11.7 Å². The lowest BCUT2D eigenvalue weighted by atomic mass is 9.74. The Balaban J connectivity index is 0.000000313. The Kier molecular flexibility index (Phi) is 6.63. The van der Waals surface area contributed by atoms with E-state index in [1.54, 1.807) is 12.1 Å². The minimum absolute atomic E-state index is 0.295. The van der Waals surface area contributed by atoms with E-state index in [9.17, 15) is 13.2 Å². The molecule has 0 spiro atoms. The maximum absolute atomic E-state index is 12.8. The van der Waals surface area contributed by atoms with Crippen LogP contribution < -0.4 is 5.32 Å². The van der Waals surface area contributed by atoms with Crippen LogP contribution in [-0.4, -0.2) is 0 Å². The second kappa shape index (κ2) is 9.99. The van der Waals surface area contributed by atoms with Gasteiger partial charge in [-0.3, -0.25) is 0 Å². The molecule has 1 N–H and O–H groups in total. The van der Waals surface area contributed by atoms with Crippen LogP contribution >= 0.6 is 0 Å². The van der Waals surface area contributed by atoms with E-state index in [-0.39, 0.29) is 0 Å². The summed E-state index contributed by atoms with van der Waals surface area (Å²) in [5.74, 6) is 0.295. The second-order valence-electron chi connectivity index (χ2n) is 9.22. The van der Waals surface area contributed by atoms with Crippen molar-refractivity contribution >= 4 is 0 Å². The molecule has 0 bridgehead atoms. The topological polar surface area (TPSA) is 12.0 Å². The van der Waals surface area contributed by atoms with Gasteiger partial charge in [0.15, 0.2) is 0 Å². The van der Waals surface area contributed by atoms with Crippen LogP contribution in [-0.2, 0) is 31.9 Å². The van der Waals surface area contributed by atoms with E-state index in [0.717, 1.165) is 37.7 Å². The van der Waals surface area contributed by atoms with Crippen LogP contribution in [0.2, 0.25) is 0 Å². The van der Waals surface area contributed by atoms with Crippen LogP contribution in [0.4, 0.5) is 13.2 Å².